The molecule has 3 N–H and O–H groups in total. The third-order valence-corrected chi connectivity index (χ3v) is 5.02. The Labute approximate surface area is 163 Å². The molecule has 1 amide bonds. The number of aromatic amines is 1. The highest BCUT2D eigenvalue weighted by molar-refractivity contribution is 6.35. The third-order valence-electron chi connectivity index (χ3n) is 4.73. The molecule has 3 rings (SSSR count). The number of carbonyl (C=O) groups excluding carboxylic acids is 1. The smallest absolute Gasteiger partial charge is 0.410 e. The van der Waals surface area contributed by atoms with E-state index in [4.69, 9.17) is 22.2 Å². The van der Waals surface area contributed by atoms with Gasteiger partial charge in [-0.1, -0.05) is 11.6 Å². The number of nitrogens with zero attached hydrogens (tertiary/aromatic N) is 3. The fourth-order valence-electron chi connectivity index (χ4n) is 3.42. The molecule has 2 aromatic heterocycles. The summed E-state index contributed by atoms with van der Waals surface area (Å²) in [5.74, 6) is 6.09. The molecule has 8 heteroatoms. The van der Waals surface area contributed by atoms with Crippen LogP contribution in [-0.2, 0) is 4.74 Å². The number of pyridine rings is 1. The molecule has 0 radical (unpaired) electrons. The number of ether oxygens (including phenoxy) is 1. The van der Waals surface area contributed by atoms with Crippen LogP contribution in [0, 0.1) is 5.92 Å². The predicted molar refractivity (Wildman–Crippen MR) is 107 cm³/mol. The van der Waals surface area contributed by atoms with Crippen LogP contribution in [0.3, 0.4) is 0 Å². The highest BCUT2D eigenvalue weighted by atomic mass is 35.5. The summed E-state index contributed by atoms with van der Waals surface area (Å²) < 4.78 is 5.45. The second-order valence-corrected chi connectivity index (χ2v) is 8.32. The number of hydrogen-bond donors (Lipinski definition) is 2. The molecule has 0 spiro atoms. The van der Waals surface area contributed by atoms with Gasteiger partial charge >= 0.3 is 6.09 Å². The minimum Gasteiger partial charge on any atom is -0.444 e. The number of hydrogen-bond acceptors (Lipinski definition) is 5. The lowest BCUT2D eigenvalue weighted by atomic mass is 9.89. The molecule has 0 saturated carbocycles. The molecule has 0 bridgehead atoms. The fraction of sp³-hybridized carbons (Fsp3) is 0.526. The maximum atomic E-state index is 12.2. The summed E-state index contributed by atoms with van der Waals surface area (Å²) in [4.78, 5) is 21.3. The maximum Gasteiger partial charge on any atom is 0.410 e. The molecule has 0 aliphatic carbocycles. The van der Waals surface area contributed by atoms with Crippen molar-refractivity contribution in [3.05, 3.63) is 29.0 Å². The first-order valence-corrected chi connectivity index (χ1v) is 9.53. The fourth-order valence-corrected chi connectivity index (χ4v) is 3.68. The van der Waals surface area contributed by atoms with Crippen LogP contribution in [-0.4, -0.2) is 45.4 Å². The van der Waals surface area contributed by atoms with E-state index in [0.29, 0.717) is 30.5 Å². The average molecular weight is 392 g/mol. The van der Waals surface area contributed by atoms with E-state index in [1.165, 1.54) is 0 Å². The summed E-state index contributed by atoms with van der Waals surface area (Å²) in [6, 6.07) is 1.93. The number of likely N-dealkylation sites (tertiary alicyclic amines) is 1. The minimum absolute atomic E-state index is 0.250. The maximum absolute atomic E-state index is 12.2. The molecule has 0 unspecified atom stereocenters. The van der Waals surface area contributed by atoms with Crippen molar-refractivity contribution in [1.29, 1.82) is 0 Å². The quantitative estimate of drug-likeness (QED) is 0.470. The van der Waals surface area contributed by atoms with Crippen LogP contribution < -0.4 is 5.84 Å². The number of halogens is 1. The number of H-pyrrole nitrogens is 1. The molecular formula is C19H26ClN5O2. The van der Waals surface area contributed by atoms with Gasteiger partial charge in [0.1, 0.15) is 11.2 Å². The van der Waals surface area contributed by atoms with Crippen LogP contribution in [0.15, 0.2) is 23.6 Å². The van der Waals surface area contributed by atoms with Crippen LogP contribution >= 0.6 is 11.6 Å². The van der Waals surface area contributed by atoms with E-state index in [-0.39, 0.29) is 6.09 Å². The van der Waals surface area contributed by atoms with E-state index >= 15 is 0 Å². The van der Waals surface area contributed by atoms with E-state index in [0.717, 1.165) is 35.2 Å². The van der Waals surface area contributed by atoms with Gasteiger partial charge in [0, 0.05) is 36.4 Å². The van der Waals surface area contributed by atoms with E-state index in [2.05, 4.69) is 15.1 Å². The van der Waals surface area contributed by atoms with Gasteiger partial charge in [-0.15, -0.1) is 0 Å². The van der Waals surface area contributed by atoms with Gasteiger partial charge in [-0.25, -0.2) is 9.78 Å². The van der Waals surface area contributed by atoms with E-state index in [1.54, 1.807) is 11.1 Å². The Morgan fingerprint density at radius 1 is 1.44 bits per heavy atom. The Bertz CT molecular complexity index is 847. The molecule has 1 aliphatic heterocycles. The van der Waals surface area contributed by atoms with Gasteiger partial charge in [-0.2, -0.15) is 5.10 Å². The summed E-state index contributed by atoms with van der Waals surface area (Å²) >= 11 is 6.40. The lowest BCUT2D eigenvalue weighted by molar-refractivity contribution is 0.0186. The molecule has 27 heavy (non-hydrogen) atoms. The van der Waals surface area contributed by atoms with Crippen LogP contribution in [0.4, 0.5) is 4.79 Å². The molecule has 0 aromatic carbocycles. The van der Waals surface area contributed by atoms with Crippen LogP contribution in [0.2, 0.25) is 5.02 Å². The first-order valence-electron chi connectivity index (χ1n) is 9.15. The third kappa shape index (κ3) is 4.53. The van der Waals surface area contributed by atoms with Crippen molar-refractivity contribution in [3.63, 3.8) is 0 Å². The summed E-state index contributed by atoms with van der Waals surface area (Å²) in [7, 11) is 0. The normalized spacial score (nSPS) is 16.7. The number of nitrogens with two attached hydrogens (primary N) is 1. The van der Waals surface area contributed by atoms with Gasteiger partial charge in [0.15, 0.2) is 0 Å². The largest absolute Gasteiger partial charge is 0.444 e. The highest BCUT2D eigenvalue weighted by Crippen LogP contribution is 2.29. The zero-order valence-electron chi connectivity index (χ0n) is 16.0. The minimum atomic E-state index is -0.479. The highest BCUT2D eigenvalue weighted by Gasteiger charge is 2.28. The van der Waals surface area contributed by atoms with E-state index in [1.807, 2.05) is 33.0 Å². The Hall–Kier alpha value is -2.28. The number of amides is 1. The van der Waals surface area contributed by atoms with Gasteiger partial charge < -0.3 is 20.5 Å². The van der Waals surface area contributed by atoms with Gasteiger partial charge in [0.05, 0.1) is 10.7 Å². The number of hydrazone groups is 1. The predicted octanol–water partition coefficient (Wildman–Crippen LogP) is 3.92. The van der Waals surface area contributed by atoms with Crippen LogP contribution in [0.25, 0.3) is 11.0 Å². The molecule has 0 atom stereocenters. The van der Waals surface area contributed by atoms with Crippen molar-refractivity contribution in [2.24, 2.45) is 16.9 Å². The summed E-state index contributed by atoms with van der Waals surface area (Å²) in [6.45, 7) is 6.97. The van der Waals surface area contributed by atoms with E-state index in [9.17, 15) is 4.79 Å². The van der Waals surface area contributed by atoms with Gasteiger partial charge in [-0.3, -0.25) is 0 Å². The molecule has 146 valence electrons. The lowest BCUT2D eigenvalue weighted by Crippen LogP contribution is -2.42. The monoisotopic (exact) mass is 391 g/mol. The van der Waals surface area contributed by atoms with Crippen molar-refractivity contribution in [3.8, 4) is 0 Å². The summed E-state index contributed by atoms with van der Waals surface area (Å²) in [5, 5.41) is 5.48. The average Bonchev–Trinajstić information content (AvgIpc) is 3.08. The Balaban J connectivity index is 1.66. The van der Waals surface area contributed by atoms with Gasteiger partial charge in [0.25, 0.3) is 0 Å². The first kappa shape index (κ1) is 19.5. The lowest BCUT2D eigenvalue weighted by Gasteiger charge is -2.33. The standard InChI is InChI=1S/C19H26ClN5O2/c1-19(2,3)27-18(26)25-8-5-12(6-9-25)10-15(24-21)16-13-4-7-22-17(13)23-11-14(16)20/h4,7,11-12H,5-6,8-10,21H2,1-3H3,(H,22,23)/b24-15-. The molecule has 1 saturated heterocycles. The van der Waals surface area contributed by atoms with Crippen molar-refractivity contribution in [2.75, 3.05) is 13.1 Å². The number of carbonyl (C=O) groups is 1. The molecule has 7 nitrogen and oxygen atoms in total. The molecular weight excluding hydrogens is 366 g/mol. The molecule has 1 fully saturated rings. The van der Waals surface area contributed by atoms with E-state index < -0.39 is 5.60 Å². The Morgan fingerprint density at radius 3 is 2.78 bits per heavy atom. The SMILES string of the molecule is CC(C)(C)OC(=O)N1CCC(C/C(=N/N)c2c(Cl)cnc3[nH]ccc23)CC1. The van der Waals surface area contributed by atoms with Crippen molar-refractivity contribution in [2.45, 2.75) is 45.6 Å². The summed E-state index contributed by atoms with van der Waals surface area (Å²) in [6.07, 6.45) is 5.65. The Kier molecular flexibility index (Phi) is 5.60. The van der Waals surface area contributed by atoms with Crippen molar-refractivity contribution in [1.82, 2.24) is 14.9 Å². The zero-order chi connectivity index (χ0) is 19.6. The second-order valence-electron chi connectivity index (χ2n) is 7.91. The molecule has 3 heterocycles. The number of nitrogens with one attached hydrogen (secondary N) is 1. The van der Waals surface area contributed by atoms with Crippen LogP contribution in [0.1, 0.15) is 45.6 Å². The molecule has 2 aromatic rings. The molecule has 1 aliphatic rings. The zero-order valence-corrected chi connectivity index (χ0v) is 16.7. The Morgan fingerprint density at radius 2 is 2.15 bits per heavy atom. The number of piperidine rings is 1. The topological polar surface area (TPSA) is 96.6 Å². The first-order chi connectivity index (χ1) is 12.8. The van der Waals surface area contributed by atoms with Gasteiger partial charge in [0.2, 0.25) is 0 Å². The number of fused-ring (bicyclic) bond motifs is 1. The van der Waals surface area contributed by atoms with Crippen molar-refractivity contribution >= 4 is 34.4 Å². The number of rotatable bonds is 3. The van der Waals surface area contributed by atoms with Gasteiger partial charge in [-0.05, 0) is 52.0 Å². The van der Waals surface area contributed by atoms with Crippen molar-refractivity contribution < 1.29 is 9.53 Å². The number of aromatic nitrogens is 2. The second kappa shape index (κ2) is 7.76. The summed E-state index contributed by atoms with van der Waals surface area (Å²) in [5.41, 5.74) is 1.88. The van der Waals surface area contributed by atoms with Crippen LogP contribution in [0.5, 0.6) is 0 Å².